The minimum absolute atomic E-state index is 0.180. The fourth-order valence-electron chi connectivity index (χ4n) is 3.26. The lowest BCUT2D eigenvalue weighted by Crippen LogP contribution is -2.28. The molecule has 0 N–H and O–H groups in total. The summed E-state index contributed by atoms with van der Waals surface area (Å²) < 4.78 is 6.24. The minimum atomic E-state index is -0.180. The molecule has 9 nitrogen and oxygen atoms in total. The van der Waals surface area contributed by atoms with E-state index in [2.05, 4.69) is 36.2 Å². The van der Waals surface area contributed by atoms with Crippen molar-refractivity contribution in [1.82, 2.24) is 39.1 Å². The quantitative estimate of drug-likeness (QED) is 0.460. The van der Waals surface area contributed by atoms with Crippen LogP contribution < -0.4 is 0 Å². The molecule has 0 radical (unpaired) electrons. The molecule has 0 fully saturated rings. The van der Waals surface area contributed by atoms with Gasteiger partial charge in [0.25, 0.3) is 5.91 Å². The summed E-state index contributed by atoms with van der Waals surface area (Å²) in [6, 6.07) is 3.58. The maximum Gasteiger partial charge on any atom is 0.274 e. The van der Waals surface area contributed by atoms with Gasteiger partial charge >= 0.3 is 0 Å². The van der Waals surface area contributed by atoms with Gasteiger partial charge in [0.05, 0.1) is 34.8 Å². The molecule has 10 heteroatoms. The van der Waals surface area contributed by atoms with E-state index in [0.29, 0.717) is 17.9 Å². The van der Waals surface area contributed by atoms with Crippen LogP contribution in [0.2, 0.25) is 0 Å². The second kappa shape index (κ2) is 7.43. The Morgan fingerprint density at radius 2 is 2.07 bits per heavy atom. The van der Waals surface area contributed by atoms with Gasteiger partial charge in [-0.15, -0.1) is 0 Å². The van der Waals surface area contributed by atoms with E-state index in [-0.39, 0.29) is 5.91 Å². The van der Waals surface area contributed by atoms with Crippen LogP contribution in [0.1, 0.15) is 28.8 Å². The number of carbonyl (C=O) groups is 1. The molecule has 1 amide bonds. The first kappa shape index (κ1) is 19.3. The van der Waals surface area contributed by atoms with Crippen LogP contribution >= 0.6 is 15.9 Å². The lowest BCUT2D eigenvalue weighted by Gasteiger charge is -2.17. The maximum atomic E-state index is 13.0. The number of aryl methyl sites for hydroxylation is 2. The fourth-order valence-corrected chi connectivity index (χ4v) is 3.69. The number of carbonyl (C=O) groups excluding carboxylic acids is 1. The van der Waals surface area contributed by atoms with Crippen LogP contribution in [0.4, 0.5) is 0 Å². The first-order valence-electron chi connectivity index (χ1n) is 9.20. The zero-order chi connectivity index (χ0) is 20.7. The van der Waals surface area contributed by atoms with Crippen LogP contribution in [0.5, 0.6) is 0 Å². The molecule has 0 spiro atoms. The average molecular weight is 457 g/mol. The van der Waals surface area contributed by atoms with Gasteiger partial charge in [-0.25, -0.2) is 9.50 Å². The Bertz CT molecular complexity index is 1200. The van der Waals surface area contributed by atoms with Crippen molar-refractivity contribution in [2.24, 2.45) is 7.05 Å². The van der Waals surface area contributed by atoms with Gasteiger partial charge in [-0.1, -0.05) is 0 Å². The number of hydrogen-bond acceptors (Lipinski definition) is 5. The number of aromatic nitrogens is 7. The highest BCUT2D eigenvalue weighted by molar-refractivity contribution is 9.10. The van der Waals surface area contributed by atoms with Gasteiger partial charge in [0.2, 0.25) is 0 Å². The number of amides is 1. The summed E-state index contributed by atoms with van der Waals surface area (Å²) in [5.74, 6) is -0.180. The highest BCUT2D eigenvalue weighted by atomic mass is 79.9. The molecule has 0 atom stereocenters. The summed E-state index contributed by atoms with van der Waals surface area (Å²) in [4.78, 5) is 19.0. The molecule has 0 saturated carbocycles. The van der Waals surface area contributed by atoms with Gasteiger partial charge in [0.1, 0.15) is 0 Å². The average Bonchev–Trinajstić information content (AvgIpc) is 3.39. The van der Waals surface area contributed by atoms with Crippen molar-refractivity contribution in [3.8, 4) is 11.3 Å². The number of halogens is 1. The molecular formula is C19H21BrN8O. The molecule has 4 aromatic heterocycles. The molecule has 0 aromatic carbocycles. The summed E-state index contributed by atoms with van der Waals surface area (Å²) in [6.07, 6.45) is 5.25. The zero-order valence-corrected chi connectivity index (χ0v) is 18.3. The van der Waals surface area contributed by atoms with Gasteiger partial charge < -0.3 is 4.90 Å². The maximum absolute atomic E-state index is 13.0. The second-order valence-electron chi connectivity index (χ2n) is 6.81. The van der Waals surface area contributed by atoms with E-state index < -0.39 is 0 Å². The minimum Gasteiger partial charge on any atom is -0.334 e. The summed E-state index contributed by atoms with van der Waals surface area (Å²) >= 11 is 3.51. The molecule has 0 aliphatic heterocycles. The Hall–Kier alpha value is -3.01. The lowest BCUT2D eigenvalue weighted by molar-refractivity contribution is 0.0775. The molecule has 29 heavy (non-hydrogen) atoms. The summed E-state index contributed by atoms with van der Waals surface area (Å²) in [5, 5.41) is 13.2. The third kappa shape index (κ3) is 3.33. The zero-order valence-electron chi connectivity index (χ0n) is 16.7. The molecule has 4 rings (SSSR count). The van der Waals surface area contributed by atoms with Crippen LogP contribution in [0.3, 0.4) is 0 Å². The smallest absolute Gasteiger partial charge is 0.274 e. The third-order valence-electron chi connectivity index (χ3n) is 5.02. The van der Waals surface area contributed by atoms with Crippen molar-refractivity contribution < 1.29 is 4.79 Å². The summed E-state index contributed by atoms with van der Waals surface area (Å²) in [7, 11) is 3.65. The molecule has 4 heterocycles. The highest BCUT2D eigenvalue weighted by Gasteiger charge is 2.21. The van der Waals surface area contributed by atoms with Gasteiger partial charge in [-0.2, -0.15) is 15.3 Å². The van der Waals surface area contributed by atoms with Crippen molar-refractivity contribution in [3.63, 3.8) is 0 Å². The standard InChI is InChI=1S/C19H21BrN8O/c1-5-27-17(14(20)10-23-27)11-25(3)19(29)15-8-18-21-7-6-16(28(18)24-15)13-9-22-26(4)12(13)2/h6-10H,5,11H2,1-4H3. The topological polar surface area (TPSA) is 86.1 Å². The largest absolute Gasteiger partial charge is 0.334 e. The van der Waals surface area contributed by atoms with Gasteiger partial charge in [-0.05, 0) is 35.8 Å². The normalized spacial score (nSPS) is 11.3. The van der Waals surface area contributed by atoms with E-state index in [1.807, 2.05) is 31.6 Å². The Balaban J connectivity index is 1.67. The van der Waals surface area contributed by atoms with Crippen molar-refractivity contribution in [2.45, 2.75) is 26.9 Å². The molecule has 0 saturated heterocycles. The van der Waals surface area contributed by atoms with E-state index >= 15 is 0 Å². The number of fused-ring (bicyclic) bond motifs is 1. The summed E-state index contributed by atoms with van der Waals surface area (Å²) in [5.41, 5.74) is 4.70. The first-order chi connectivity index (χ1) is 13.9. The Labute approximate surface area is 176 Å². The molecule has 0 bridgehead atoms. The lowest BCUT2D eigenvalue weighted by atomic mass is 10.2. The SMILES string of the molecule is CCn1ncc(Br)c1CN(C)C(=O)c1cc2nccc(-c3cnn(C)c3C)n2n1. The van der Waals surface area contributed by atoms with E-state index in [4.69, 9.17) is 0 Å². The molecule has 0 unspecified atom stereocenters. The molecule has 4 aromatic rings. The van der Waals surface area contributed by atoms with E-state index in [0.717, 1.165) is 33.7 Å². The molecule has 150 valence electrons. The Morgan fingerprint density at radius 3 is 2.76 bits per heavy atom. The number of rotatable bonds is 5. The van der Waals surface area contributed by atoms with Crippen LogP contribution in [0, 0.1) is 6.92 Å². The fraction of sp³-hybridized carbons (Fsp3) is 0.316. The molecular weight excluding hydrogens is 436 g/mol. The van der Waals surface area contributed by atoms with E-state index in [9.17, 15) is 4.79 Å². The Morgan fingerprint density at radius 1 is 1.28 bits per heavy atom. The van der Waals surface area contributed by atoms with Gasteiger partial charge in [0.15, 0.2) is 11.3 Å². The van der Waals surface area contributed by atoms with Gasteiger partial charge in [-0.3, -0.25) is 14.2 Å². The van der Waals surface area contributed by atoms with Crippen LogP contribution in [0.25, 0.3) is 16.9 Å². The summed E-state index contributed by atoms with van der Waals surface area (Å²) in [6.45, 7) is 5.16. The van der Waals surface area contributed by atoms with Gasteiger partial charge in [0, 0.05) is 44.2 Å². The van der Waals surface area contributed by atoms with Crippen molar-refractivity contribution in [1.29, 1.82) is 0 Å². The van der Waals surface area contributed by atoms with Crippen LogP contribution in [0.15, 0.2) is 35.2 Å². The third-order valence-corrected chi connectivity index (χ3v) is 5.68. The number of hydrogen-bond donors (Lipinski definition) is 0. The molecule has 0 aliphatic rings. The second-order valence-corrected chi connectivity index (χ2v) is 7.67. The van der Waals surface area contributed by atoms with Crippen molar-refractivity contribution in [2.75, 3.05) is 7.05 Å². The predicted octanol–water partition coefficient (Wildman–Crippen LogP) is 2.69. The van der Waals surface area contributed by atoms with Crippen molar-refractivity contribution >= 4 is 27.5 Å². The van der Waals surface area contributed by atoms with Crippen LogP contribution in [-0.2, 0) is 20.1 Å². The predicted molar refractivity (Wildman–Crippen MR) is 111 cm³/mol. The number of nitrogens with zero attached hydrogens (tertiary/aromatic N) is 8. The van der Waals surface area contributed by atoms with E-state index in [1.54, 1.807) is 45.8 Å². The Kier molecular flexibility index (Phi) is 4.95. The van der Waals surface area contributed by atoms with Crippen molar-refractivity contribution in [3.05, 3.63) is 52.3 Å². The molecule has 0 aliphatic carbocycles. The highest BCUT2D eigenvalue weighted by Crippen LogP contribution is 2.24. The van der Waals surface area contributed by atoms with Crippen LogP contribution in [-0.4, -0.2) is 52.0 Å². The monoisotopic (exact) mass is 456 g/mol. The first-order valence-corrected chi connectivity index (χ1v) is 9.99. The van der Waals surface area contributed by atoms with E-state index in [1.165, 1.54) is 0 Å².